The van der Waals surface area contributed by atoms with Gasteiger partial charge >= 0.3 is 0 Å². The fourth-order valence-corrected chi connectivity index (χ4v) is 2.29. The number of likely N-dealkylation sites (tertiary alicyclic amines) is 1. The molecular weight excluding hydrogens is 214 g/mol. The first-order valence-corrected chi connectivity index (χ1v) is 6.65. The summed E-state index contributed by atoms with van der Waals surface area (Å²) in [5.74, 6) is 0.916. The van der Waals surface area contributed by atoms with Gasteiger partial charge in [0.1, 0.15) is 0 Å². The summed E-state index contributed by atoms with van der Waals surface area (Å²) in [5.41, 5.74) is 5.78. The Morgan fingerprint density at radius 2 is 2.18 bits per heavy atom. The minimum atomic E-state index is 0.226. The van der Waals surface area contributed by atoms with Crippen LogP contribution >= 0.6 is 0 Å². The fourth-order valence-electron chi connectivity index (χ4n) is 2.29. The van der Waals surface area contributed by atoms with Crippen molar-refractivity contribution in [2.75, 3.05) is 26.7 Å². The highest BCUT2D eigenvalue weighted by Gasteiger charge is 2.29. The van der Waals surface area contributed by atoms with Crippen molar-refractivity contribution in [3.8, 4) is 0 Å². The predicted molar refractivity (Wildman–Crippen MR) is 70.7 cm³/mol. The van der Waals surface area contributed by atoms with E-state index in [4.69, 9.17) is 5.73 Å². The molecule has 100 valence electrons. The van der Waals surface area contributed by atoms with Gasteiger partial charge in [-0.05, 0) is 39.7 Å². The number of hydrogen-bond donors (Lipinski definition) is 1. The molecule has 4 nitrogen and oxygen atoms in total. The first-order valence-electron chi connectivity index (χ1n) is 6.65. The molecule has 0 aromatic rings. The molecule has 1 heterocycles. The lowest BCUT2D eigenvalue weighted by atomic mass is 9.92. The zero-order chi connectivity index (χ0) is 13.0. The Bertz CT molecular complexity index is 255. The molecule has 0 saturated carbocycles. The van der Waals surface area contributed by atoms with Crippen LogP contribution in [0.2, 0.25) is 0 Å². The Balaban J connectivity index is 2.55. The standard InChI is InChI=1S/C13H27N3O/c1-10(2)15(4)9-13(17)16-6-5-11(3)7-12(16)8-14/h10-12H,5-9,14H2,1-4H3. The van der Waals surface area contributed by atoms with Crippen molar-refractivity contribution in [3.63, 3.8) is 0 Å². The second-order valence-corrected chi connectivity index (χ2v) is 5.62. The smallest absolute Gasteiger partial charge is 0.237 e. The Morgan fingerprint density at radius 1 is 1.53 bits per heavy atom. The van der Waals surface area contributed by atoms with Crippen molar-refractivity contribution >= 4 is 5.91 Å². The van der Waals surface area contributed by atoms with Gasteiger partial charge in [-0.25, -0.2) is 0 Å². The number of amides is 1. The molecule has 1 saturated heterocycles. The number of carbonyl (C=O) groups is 1. The molecular formula is C13H27N3O. The molecule has 17 heavy (non-hydrogen) atoms. The Morgan fingerprint density at radius 3 is 2.71 bits per heavy atom. The van der Waals surface area contributed by atoms with Crippen LogP contribution in [0.25, 0.3) is 0 Å². The van der Waals surface area contributed by atoms with E-state index in [-0.39, 0.29) is 11.9 Å². The second-order valence-electron chi connectivity index (χ2n) is 5.62. The maximum atomic E-state index is 12.2. The van der Waals surface area contributed by atoms with Gasteiger partial charge in [0.25, 0.3) is 0 Å². The summed E-state index contributed by atoms with van der Waals surface area (Å²) >= 11 is 0. The van der Waals surface area contributed by atoms with Crippen LogP contribution in [0.1, 0.15) is 33.6 Å². The van der Waals surface area contributed by atoms with Crippen LogP contribution in [0.3, 0.4) is 0 Å². The molecule has 0 aliphatic carbocycles. The fraction of sp³-hybridized carbons (Fsp3) is 0.923. The summed E-state index contributed by atoms with van der Waals surface area (Å²) < 4.78 is 0. The number of nitrogens with two attached hydrogens (primary N) is 1. The van der Waals surface area contributed by atoms with Crippen molar-refractivity contribution in [3.05, 3.63) is 0 Å². The van der Waals surface area contributed by atoms with Crippen LogP contribution in [0, 0.1) is 5.92 Å². The maximum absolute atomic E-state index is 12.2. The summed E-state index contributed by atoms with van der Waals surface area (Å²) in [4.78, 5) is 16.3. The van der Waals surface area contributed by atoms with Crippen molar-refractivity contribution in [1.82, 2.24) is 9.80 Å². The highest BCUT2D eigenvalue weighted by Crippen LogP contribution is 2.22. The van der Waals surface area contributed by atoms with E-state index in [1.165, 1.54) is 0 Å². The topological polar surface area (TPSA) is 49.6 Å². The molecule has 0 aromatic carbocycles. The van der Waals surface area contributed by atoms with Crippen molar-refractivity contribution in [1.29, 1.82) is 0 Å². The monoisotopic (exact) mass is 241 g/mol. The van der Waals surface area contributed by atoms with Gasteiger partial charge in [0.2, 0.25) is 5.91 Å². The van der Waals surface area contributed by atoms with Gasteiger partial charge in [-0.1, -0.05) is 6.92 Å². The van der Waals surface area contributed by atoms with Gasteiger partial charge in [0.15, 0.2) is 0 Å². The summed E-state index contributed by atoms with van der Waals surface area (Å²) in [5, 5.41) is 0. The molecule has 0 radical (unpaired) electrons. The molecule has 1 rings (SSSR count). The highest BCUT2D eigenvalue weighted by atomic mass is 16.2. The van der Waals surface area contributed by atoms with Gasteiger partial charge in [0, 0.05) is 25.2 Å². The summed E-state index contributed by atoms with van der Waals surface area (Å²) in [6.07, 6.45) is 2.15. The normalized spacial score (nSPS) is 25.7. The van der Waals surface area contributed by atoms with E-state index >= 15 is 0 Å². The van der Waals surface area contributed by atoms with E-state index in [0.717, 1.165) is 19.4 Å². The highest BCUT2D eigenvalue weighted by molar-refractivity contribution is 5.78. The number of piperidine rings is 1. The Kier molecular flexibility index (Phi) is 5.40. The molecule has 2 atom stereocenters. The van der Waals surface area contributed by atoms with Crippen LogP contribution in [0.4, 0.5) is 0 Å². The number of likely N-dealkylation sites (N-methyl/N-ethyl adjacent to an activating group) is 1. The van der Waals surface area contributed by atoms with Crippen molar-refractivity contribution in [2.45, 2.75) is 45.7 Å². The molecule has 2 unspecified atom stereocenters. The van der Waals surface area contributed by atoms with Crippen LogP contribution in [0.15, 0.2) is 0 Å². The molecule has 4 heteroatoms. The first kappa shape index (κ1) is 14.5. The van der Waals surface area contributed by atoms with Gasteiger partial charge in [-0.15, -0.1) is 0 Å². The maximum Gasteiger partial charge on any atom is 0.237 e. The number of nitrogens with zero attached hydrogens (tertiary/aromatic N) is 2. The molecule has 1 aliphatic heterocycles. The summed E-state index contributed by atoms with van der Waals surface area (Å²) in [6.45, 7) is 8.40. The second kappa shape index (κ2) is 6.36. The minimum absolute atomic E-state index is 0.226. The van der Waals surface area contributed by atoms with E-state index in [0.29, 0.717) is 25.0 Å². The number of carbonyl (C=O) groups excluding carboxylic acids is 1. The van der Waals surface area contributed by atoms with Crippen LogP contribution < -0.4 is 5.73 Å². The number of rotatable bonds is 4. The van der Waals surface area contributed by atoms with E-state index in [1.54, 1.807) is 0 Å². The molecule has 1 fully saturated rings. The molecule has 0 spiro atoms. The predicted octanol–water partition coefficient (Wildman–Crippen LogP) is 0.912. The van der Waals surface area contributed by atoms with Gasteiger partial charge in [-0.3, -0.25) is 9.69 Å². The van der Waals surface area contributed by atoms with E-state index in [2.05, 4.69) is 25.7 Å². The third-order valence-corrected chi connectivity index (χ3v) is 3.84. The van der Waals surface area contributed by atoms with Crippen molar-refractivity contribution in [2.24, 2.45) is 11.7 Å². The third kappa shape index (κ3) is 3.96. The van der Waals surface area contributed by atoms with Crippen LogP contribution in [-0.4, -0.2) is 54.5 Å². The lowest BCUT2D eigenvalue weighted by Gasteiger charge is -2.39. The summed E-state index contributed by atoms with van der Waals surface area (Å²) in [7, 11) is 1.99. The molecule has 1 aliphatic rings. The zero-order valence-electron chi connectivity index (χ0n) is 11.6. The van der Waals surface area contributed by atoms with Crippen LogP contribution in [0.5, 0.6) is 0 Å². The Hall–Kier alpha value is -0.610. The zero-order valence-corrected chi connectivity index (χ0v) is 11.6. The van der Waals surface area contributed by atoms with E-state index in [9.17, 15) is 4.79 Å². The molecule has 2 N–H and O–H groups in total. The lowest BCUT2D eigenvalue weighted by molar-refractivity contribution is -0.136. The molecule has 1 amide bonds. The first-order chi connectivity index (χ1) is 7.95. The average Bonchev–Trinajstić information content (AvgIpc) is 2.28. The number of hydrogen-bond acceptors (Lipinski definition) is 3. The SMILES string of the molecule is CC1CCN(C(=O)CN(C)C(C)C)C(CN)C1. The lowest BCUT2D eigenvalue weighted by Crippen LogP contribution is -2.52. The average molecular weight is 241 g/mol. The summed E-state index contributed by atoms with van der Waals surface area (Å²) in [6, 6.07) is 0.644. The van der Waals surface area contributed by atoms with E-state index in [1.807, 2.05) is 11.9 Å². The largest absolute Gasteiger partial charge is 0.337 e. The van der Waals surface area contributed by atoms with Crippen LogP contribution in [-0.2, 0) is 4.79 Å². The molecule has 0 bridgehead atoms. The van der Waals surface area contributed by atoms with Crippen molar-refractivity contribution < 1.29 is 4.79 Å². The van der Waals surface area contributed by atoms with Gasteiger partial charge in [0.05, 0.1) is 6.54 Å². The third-order valence-electron chi connectivity index (χ3n) is 3.84. The minimum Gasteiger partial charge on any atom is -0.337 e. The molecule has 0 aromatic heterocycles. The quantitative estimate of drug-likeness (QED) is 0.796. The van der Waals surface area contributed by atoms with Gasteiger partial charge in [-0.2, -0.15) is 0 Å². The van der Waals surface area contributed by atoms with Gasteiger partial charge < -0.3 is 10.6 Å². The Labute approximate surface area is 105 Å². The van der Waals surface area contributed by atoms with E-state index < -0.39 is 0 Å².